The maximum Gasteiger partial charge on any atom is 0.255 e. The minimum Gasteiger partial charge on any atom is -0.335 e. The van der Waals surface area contributed by atoms with E-state index in [4.69, 9.17) is 5.73 Å². The summed E-state index contributed by atoms with van der Waals surface area (Å²) in [6.45, 7) is 5.00. The molecule has 4 nitrogen and oxygen atoms in total. The Kier molecular flexibility index (Phi) is 4.24. The van der Waals surface area contributed by atoms with E-state index in [1.807, 2.05) is 13.8 Å². The van der Waals surface area contributed by atoms with Gasteiger partial charge in [-0.1, -0.05) is 0 Å². The van der Waals surface area contributed by atoms with Crippen molar-refractivity contribution in [2.75, 3.05) is 13.1 Å². The lowest BCUT2D eigenvalue weighted by atomic mass is 10.2. The normalized spacial score (nSPS) is 10.4. The number of rotatable bonds is 4. The molecule has 0 saturated carbocycles. The quantitative estimate of drug-likeness (QED) is 0.797. The lowest BCUT2D eigenvalue weighted by Gasteiger charge is -2.26. The third-order valence-corrected chi connectivity index (χ3v) is 2.16. The van der Waals surface area contributed by atoms with E-state index in [0.29, 0.717) is 18.7 Å². The van der Waals surface area contributed by atoms with Crippen molar-refractivity contribution in [1.29, 1.82) is 0 Å². The van der Waals surface area contributed by atoms with E-state index in [1.54, 1.807) is 29.4 Å². The number of nitrogens with two attached hydrogens (primary N) is 1. The van der Waals surface area contributed by atoms with Crippen LogP contribution in [0.25, 0.3) is 0 Å². The molecule has 0 bridgehead atoms. The summed E-state index contributed by atoms with van der Waals surface area (Å²) in [4.78, 5) is 17.7. The zero-order valence-electron chi connectivity index (χ0n) is 9.18. The number of nitrogens with zero attached hydrogens (tertiary/aromatic N) is 2. The Morgan fingerprint density at radius 3 is 2.80 bits per heavy atom. The summed E-state index contributed by atoms with van der Waals surface area (Å²) in [5, 5.41) is 0. The van der Waals surface area contributed by atoms with Gasteiger partial charge in [0.25, 0.3) is 5.91 Å². The van der Waals surface area contributed by atoms with Gasteiger partial charge in [0.1, 0.15) is 0 Å². The molecule has 0 unspecified atom stereocenters. The summed E-state index contributed by atoms with van der Waals surface area (Å²) in [6, 6.07) is 3.68. The Bertz CT molecular complexity index is 311. The van der Waals surface area contributed by atoms with Gasteiger partial charge in [-0.15, -0.1) is 0 Å². The molecule has 1 aromatic heterocycles. The highest BCUT2D eigenvalue weighted by atomic mass is 16.2. The van der Waals surface area contributed by atoms with Crippen LogP contribution in [0.3, 0.4) is 0 Å². The average Bonchev–Trinajstić information content (AvgIpc) is 2.26. The zero-order valence-corrected chi connectivity index (χ0v) is 9.18. The van der Waals surface area contributed by atoms with Crippen molar-refractivity contribution in [1.82, 2.24) is 9.88 Å². The molecule has 1 aromatic rings. The third-order valence-electron chi connectivity index (χ3n) is 2.16. The molecule has 0 fully saturated rings. The Morgan fingerprint density at radius 2 is 2.33 bits per heavy atom. The van der Waals surface area contributed by atoms with Gasteiger partial charge in [-0.05, 0) is 26.0 Å². The molecule has 0 aliphatic heterocycles. The Morgan fingerprint density at radius 1 is 1.60 bits per heavy atom. The van der Waals surface area contributed by atoms with Gasteiger partial charge in [-0.2, -0.15) is 0 Å². The summed E-state index contributed by atoms with van der Waals surface area (Å²) in [5.74, 6) is -0.0106. The van der Waals surface area contributed by atoms with Crippen molar-refractivity contribution in [2.45, 2.75) is 19.9 Å². The topological polar surface area (TPSA) is 59.2 Å². The number of pyridine rings is 1. The van der Waals surface area contributed by atoms with Crippen LogP contribution in [0.5, 0.6) is 0 Å². The number of carbonyl (C=O) groups excluding carboxylic acids is 1. The van der Waals surface area contributed by atoms with Crippen LogP contribution in [0, 0.1) is 0 Å². The molecule has 15 heavy (non-hydrogen) atoms. The molecule has 0 radical (unpaired) electrons. The van der Waals surface area contributed by atoms with Gasteiger partial charge >= 0.3 is 0 Å². The van der Waals surface area contributed by atoms with Crippen LogP contribution in [0.1, 0.15) is 24.2 Å². The molecular weight excluding hydrogens is 190 g/mol. The van der Waals surface area contributed by atoms with Crippen molar-refractivity contribution >= 4 is 5.91 Å². The molecular formula is C11H17N3O. The minimum atomic E-state index is -0.0106. The van der Waals surface area contributed by atoms with Crippen molar-refractivity contribution in [3.8, 4) is 0 Å². The van der Waals surface area contributed by atoms with Crippen molar-refractivity contribution in [3.63, 3.8) is 0 Å². The van der Waals surface area contributed by atoms with E-state index in [9.17, 15) is 4.79 Å². The molecule has 0 saturated heterocycles. The summed E-state index contributed by atoms with van der Waals surface area (Å²) >= 11 is 0. The fourth-order valence-corrected chi connectivity index (χ4v) is 1.39. The average molecular weight is 207 g/mol. The second-order valence-corrected chi connectivity index (χ2v) is 3.62. The summed E-state index contributed by atoms with van der Waals surface area (Å²) < 4.78 is 0. The fraction of sp³-hybridized carbons (Fsp3) is 0.455. The van der Waals surface area contributed by atoms with Crippen molar-refractivity contribution in [2.24, 2.45) is 5.73 Å². The summed E-state index contributed by atoms with van der Waals surface area (Å²) in [6.07, 6.45) is 3.23. The van der Waals surface area contributed by atoms with Gasteiger partial charge in [0.2, 0.25) is 0 Å². The smallest absolute Gasteiger partial charge is 0.255 e. The van der Waals surface area contributed by atoms with E-state index >= 15 is 0 Å². The van der Waals surface area contributed by atoms with E-state index < -0.39 is 0 Å². The number of hydrogen-bond donors (Lipinski definition) is 1. The van der Waals surface area contributed by atoms with Crippen LogP contribution in [0.4, 0.5) is 0 Å². The number of amides is 1. The van der Waals surface area contributed by atoms with Crippen molar-refractivity contribution in [3.05, 3.63) is 30.1 Å². The molecule has 1 amide bonds. The lowest BCUT2D eigenvalue weighted by molar-refractivity contribution is 0.0711. The van der Waals surface area contributed by atoms with Gasteiger partial charge in [0.05, 0.1) is 5.56 Å². The van der Waals surface area contributed by atoms with Gasteiger partial charge < -0.3 is 10.6 Å². The van der Waals surface area contributed by atoms with Crippen LogP contribution in [-0.4, -0.2) is 34.9 Å². The highest BCUT2D eigenvalue weighted by Crippen LogP contribution is 2.06. The van der Waals surface area contributed by atoms with Crippen LogP contribution in [-0.2, 0) is 0 Å². The summed E-state index contributed by atoms with van der Waals surface area (Å²) in [5.41, 5.74) is 6.08. The summed E-state index contributed by atoms with van der Waals surface area (Å²) in [7, 11) is 0. The van der Waals surface area contributed by atoms with Gasteiger partial charge in [0, 0.05) is 31.5 Å². The van der Waals surface area contributed by atoms with Crippen LogP contribution >= 0.6 is 0 Å². The first-order chi connectivity index (χ1) is 7.16. The monoisotopic (exact) mass is 207 g/mol. The van der Waals surface area contributed by atoms with Crippen LogP contribution in [0.15, 0.2) is 24.5 Å². The third kappa shape index (κ3) is 3.02. The predicted molar refractivity (Wildman–Crippen MR) is 59.5 cm³/mol. The van der Waals surface area contributed by atoms with E-state index in [1.165, 1.54) is 0 Å². The van der Waals surface area contributed by atoms with Crippen LogP contribution < -0.4 is 5.73 Å². The Hall–Kier alpha value is -1.42. The molecule has 0 aliphatic rings. The maximum atomic E-state index is 12.0. The number of hydrogen-bond acceptors (Lipinski definition) is 3. The largest absolute Gasteiger partial charge is 0.335 e. The van der Waals surface area contributed by atoms with E-state index in [2.05, 4.69) is 4.98 Å². The molecule has 0 spiro atoms. The fourth-order valence-electron chi connectivity index (χ4n) is 1.39. The van der Waals surface area contributed by atoms with Crippen molar-refractivity contribution < 1.29 is 4.79 Å². The molecule has 0 aliphatic carbocycles. The maximum absolute atomic E-state index is 12.0. The minimum absolute atomic E-state index is 0.0106. The second-order valence-electron chi connectivity index (χ2n) is 3.62. The molecule has 2 N–H and O–H groups in total. The first-order valence-corrected chi connectivity index (χ1v) is 5.08. The molecule has 0 aromatic carbocycles. The van der Waals surface area contributed by atoms with Gasteiger partial charge in [-0.25, -0.2) is 0 Å². The van der Waals surface area contributed by atoms with Gasteiger partial charge in [0.15, 0.2) is 0 Å². The second kappa shape index (κ2) is 5.46. The molecule has 1 heterocycles. The molecule has 1 rings (SSSR count). The van der Waals surface area contributed by atoms with E-state index in [0.717, 1.165) is 0 Å². The molecule has 0 atom stereocenters. The highest BCUT2D eigenvalue weighted by Gasteiger charge is 2.17. The predicted octanol–water partition coefficient (Wildman–Crippen LogP) is 0.891. The van der Waals surface area contributed by atoms with E-state index in [-0.39, 0.29) is 11.9 Å². The lowest BCUT2D eigenvalue weighted by Crippen LogP contribution is -2.40. The molecule has 82 valence electrons. The number of aromatic nitrogens is 1. The van der Waals surface area contributed by atoms with Crippen LogP contribution in [0.2, 0.25) is 0 Å². The zero-order chi connectivity index (χ0) is 11.3. The Labute approximate surface area is 90.1 Å². The Balaban J connectivity index is 2.81. The standard InChI is InChI=1S/C11H17N3O/c1-9(2)14(7-5-12)11(15)10-4-3-6-13-8-10/h3-4,6,8-9H,5,7,12H2,1-2H3. The highest BCUT2D eigenvalue weighted by molar-refractivity contribution is 5.94. The SMILES string of the molecule is CC(C)N(CCN)C(=O)c1cccnc1. The first kappa shape index (κ1) is 11.7. The molecule has 4 heteroatoms. The number of carbonyl (C=O) groups is 1. The van der Waals surface area contributed by atoms with Gasteiger partial charge in [-0.3, -0.25) is 9.78 Å². The first-order valence-electron chi connectivity index (χ1n) is 5.08.